The lowest BCUT2D eigenvalue weighted by Gasteiger charge is -2.06. The van der Waals surface area contributed by atoms with Crippen LogP contribution in [-0.4, -0.2) is 32.3 Å². The number of carbonyl (C=O) groups excluding carboxylic acids is 2. The first kappa shape index (κ1) is 18.2. The van der Waals surface area contributed by atoms with E-state index < -0.39 is 5.91 Å². The van der Waals surface area contributed by atoms with Crippen molar-refractivity contribution >= 4 is 51.3 Å². The van der Waals surface area contributed by atoms with Gasteiger partial charge in [0, 0.05) is 11.9 Å². The number of hydrogen-bond donors (Lipinski definition) is 2. The van der Waals surface area contributed by atoms with Crippen molar-refractivity contribution in [2.75, 3.05) is 11.1 Å². The van der Waals surface area contributed by atoms with Crippen molar-refractivity contribution in [3.63, 3.8) is 0 Å². The van der Waals surface area contributed by atoms with Crippen molar-refractivity contribution in [2.24, 2.45) is 12.8 Å². The average molecular weight is 420 g/mol. The zero-order chi connectivity index (χ0) is 19.0. The number of carbonyl (C=O) groups is 2. The minimum absolute atomic E-state index is 0.178. The van der Waals surface area contributed by atoms with Crippen LogP contribution in [0.1, 0.15) is 27.2 Å². The maximum Gasteiger partial charge on any atom is 0.251 e. The van der Waals surface area contributed by atoms with Crippen molar-refractivity contribution in [3.05, 3.63) is 33.5 Å². The van der Waals surface area contributed by atoms with Gasteiger partial charge in [0.15, 0.2) is 11.0 Å². The molecule has 0 aromatic carbocycles. The van der Waals surface area contributed by atoms with Crippen LogP contribution in [0, 0.1) is 0 Å². The quantitative estimate of drug-likeness (QED) is 0.598. The highest BCUT2D eigenvalue weighted by Gasteiger charge is 2.26. The summed E-state index contributed by atoms with van der Waals surface area (Å²) in [5.41, 5.74) is 7.01. The Balaban J connectivity index is 1.44. The lowest BCUT2D eigenvalue weighted by atomic mass is 10.1. The summed E-state index contributed by atoms with van der Waals surface area (Å²) in [5.74, 6) is 0.282. The summed E-state index contributed by atoms with van der Waals surface area (Å²) < 4.78 is 1.87. The van der Waals surface area contributed by atoms with E-state index in [0.29, 0.717) is 15.7 Å². The van der Waals surface area contributed by atoms with E-state index in [4.69, 9.17) is 5.73 Å². The Morgan fingerprint density at radius 2 is 2.22 bits per heavy atom. The van der Waals surface area contributed by atoms with Gasteiger partial charge in [-0.1, -0.05) is 17.8 Å². The van der Waals surface area contributed by atoms with Crippen LogP contribution in [0.3, 0.4) is 0 Å². The van der Waals surface area contributed by atoms with Gasteiger partial charge < -0.3 is 15.6 Å². The van der Waals surface area contributed by atoms with Crippen LogP contribution in [-0.2, 0) is 24.7 Å². The van der Waals surface area contributed by atoms with Crippen LogP contribution in [0.4, 0.5) is 5.00 Å². The predicted octanol–water partition coefficient (Wildman–Crippen LogP) is 2.92. The van der Waals surface area contributed by atoms with Gasteiger partial charge in [0.05, 0.1) is 16.2 Å². The molecule has 1 aliphatic rings. The lowest BCUT2D eigenvalue weighted by Crippen LogP contribution is -2.19. The number of thioether (sulfide) groups is 1. The number of hydrogen-bond acceptors (Lipinski definition) is 7. The first-order chi connectivity index (χ1) is 13.0. The number of aryl methyl sites for hydroxylation is 1. The monoisotopic (exact) mass is 419 g/mol. The molecule has 2 amide bonds. The van der Waals surface area contributed by atoms with E-state index in [1.165, 1.54) is 23.1 Å². The fourth-order valence-corrected chi connectivity index (χ4v) is 5.87. The van der Waals surface area contributed by atoms with Crippen LogP contribution in [0.2, 0.25) is 0 Å². The van der Waals surface area contributed by atoms with Gasteiger partial charge in [-0.15, -0.1) is 32.9 Å². The van der Waals surface area contributed by atoms with Gasteiger partial charge in [-0.25, -0.2) is 0 Å². The summed E-state index contributed by atoms with van der Waals surface area (Å²) in [6, 6.07) is 3.95. The van der Waals surface area contributed by atoms with Gasteiger partial charge in [-0.3, -0.25) is 9.59 Å². The smallest absolute Gasteiger partial charge is 0.251 e. The molecule has 3 N–H and O–H groups in total. The SMILES string of the molecule is Cn1c(SCC(=O)Nc2sc3c(c2C(N)=O)CCC3)nnc1-c1cccs1. The third-order valence-electron chi connectivity index (χ3n) is 4.33. The van der Waals surface area contributed by atoms with E-state index in [1.54, 1.807) is 11.3 Å². The summed E-state index contributed by atoms with van der Waals surface area (Å²) in [7, 11) is 1.88. The Morgan fingerprint density at radius 1 is 1.37 bits per heavy atom. The fraction of sp³-hybridized carbons (Fsp3) is 0.294. The Kier molecular flexibility index (Phi) is 5.02. The van der Waals surface area contributed by atoms with E-state index in [0.717, 1.165) is 40.4 Å². The minimum atomic E-state index is -0.480. The Bertz CT molecular complexity index is 1010. The second kappa shape index (κ2) is 7.45. The summed E-state index contributed by atoms with van der Waals surface area (Å²) in [5, 5.41) is 14.4. The number of thiophene rings is 2. The van der Waals surface area contributed by atoms with Crippen molar-refractivity contribution < 1.29 is 9.59 Å². The third-order valence-corrected chi connectivity index (χ3v) is 7.42. The summed E-state index contributed by atoms with van der Waals surface area (Å²) in [6.45, 7) is 0. The normalized spacial score (nSPS) is 12.9. The molecule has 0 saturated heterocycles. The summed E-state index contributed by atoms with van der Waals surface area (Å²) in [6.07, 6.45) is 2.82. The van der Waals surface area contributed by atoms with Crippen LogP contribution >= 0.6 is 34.4 Å². The van der Waals surface area contributed by atoms with Crippen LogP contribution in [0.25, 0.3) is 10.7 Å². The van der Waals surface area contributed by atoms with Gasteiger partial charge >= 0.3 is 0 Å². The molecule has 0 saturated carbocycles. The number of nitrogens with zero attached hydrogens (tertiary/aromatic N) is 3. The molecule has 1 aliphatic carbocycles. The molecule has 3 heterocycles. The molecular weight excluding hydrogens is 402 g/mol. The second-order valence-corrected chi connectivity index (χ2v) is 9.10. The maximum absolute atomic E-state index is 12.4. The van der Waals surface area contributed by atoms with Crippen molar-refractivity contribution in [1.82, 2.24) is 14.8 Å². The van der Waals surface area contributed by atoms with E-state index in [2.05, 4.69) is 15.5 Å². The largest absolute Gasteiger partial charge is 0.365 e. The highest BCUT2D eigenvalue weighted by Crippen LogP contribution is 2.39. The molecule has 140 valence electrons. The van der Waals surface area contributed by atoms with Crippen molar-refractivity contribution in [2.45, 2.75) is 24.4 Å². The zero-order valence-corrected chi connectivity index (χ0v) is 17.0. The lowest BCUT2D eigenvalue weighted by molar-refractivity contribution is -0.113. The number of rotatable bonds is 6. The van der Waals surface area contributed by atoms with Crippen molar-refractivity contribution in [3.8, 4) is 10.7 Å². The number of nitrogens with two attached hydrogens (primary N) is 1. The third kappa shape index (κ3) is 3.52. The maximum atomic E-state index is 12.4. The molecule has 10 heteroatoms. The van der Waals surface area contributed by atoms with Crippen molar-refractivity contribution in [1.29, 1.82) is 0 Å². The van der Waals surface area contributed by atoms with Crippen LogP contribution < -0.4 is 11.1 Å². The van der Waals surface area contributed by atoms with Gasteiger partial charge in [0.2, 0.25) is 5.91 Å². The van der Waals surface area contributed by atoms with Crippen LogP contribution in [0.15, 0.2) is 22.7 Å². The van der Waals surface area contributed by atoms with E-state index in [1.807, 2.05) is 29.1 Å². The van der Waals surface area contributed by atoms with Crippen LogP contribution in [0.5, 0.6) is 0 Å². The molecule has 0 radical (unpaired) electrons. The summed E-state index contributed by atoms with van der Waals surface area (Å²) >= 11 is 4.36. The Labute approximate surface area is 168 Å². The van der Waals surface area contributed by atoms with Gasteiger partial charge in [-0.05, 0) is 36.3 Å². The highest BCUT2D eigenvalue weighted by atomic mass is 32.2. The minimum Gasteiger partial charge on any atom is -0.365 e. The summed E-state index contributed by atoms with van der Waals surface area (Å²) in [4.78, 5) is 26.4. The molecular formula is C17H17N5O2S3. The number of primary amides is 1. The number of fused-ring (bicyclic) bond motifs is 1. The standard InChI is InChI=1S/C17H17N5O2S3/c1-22-15(11-6-3-7-25-11)20-21-17(22)26-8-12(23)19-16-13(14(18)24)9-4-2-5-10(9)27-16/h3,6-7H,2,4-5,8H2,1H3,(H2,18,24)(H,19,23). The first-order valence-corrected chi connectivity index (χ1v) is 11.0. The van der Waals surface area contributed by atoms with E-state index in [-0.39, 0.29) is 11.7 Å². The molecule has 0 aliphatic heterocycles. The molecule has 3 aromatic rings. The highest BCUT2D eigenvalue weighted by molar-refractivity contribution is 7.99. The fourth-order valence-electron chi connectivity index (χ4n) is 3.11. The number of amides is 2. The topological polar surface area (TPSA) is 103 Å². The molecule has 0 bridgehead atoms. The average Bonchev–Trinajstić information content (AvgIpc) is 3.36. The van der Waals surface area contributed by atoms with E-state index in [9.17, 15) is 9.59 Å². The molecule has 0 atom stereocenters. The molecule has 27 heavy (non-hydrogen) atoms. The second-order valence-electron chi connectivity index (χ2n) is 6.11. The molecule has 7 nitrogen and oxygen atoms in total. The Morgan fingerprint density at radius 3 is 2.96 bits per heavy atom. The van der Waals surface area contributed by atoms with E-state index >= 15 is 0 Å². The molecule has 0 spiro atoms. The number of nitrogens with one attached hydrogen (secondary N) is 1. The predicted molar refractivity (Wildman–Crippen MR) is 109 cm³/mol. The van der Waals surface area contributed by atoms with Gasteiger partial charge in [0.1, 0.15) is 5.00 Å². The molecule has 4 rings (SSSR count). The zero-order valence-electron chi connectivity index (χ0n) is 14.5. The first-order valence-electron chi connectivity index (χ1n) is 8.35. The van der Waals surface area contributed by atoms with Gasteiger partial charge in [-0.2, -0.15) is 0 Å². The molecule has 0 fully saturated rings. The molecule has 3 aromatic heterocycles. The Hall–Kier alpha value is -2.17. The number of anilines is 1. The van der Waals surface area contributed by atoms with Gasteiger partial charge in [0.25, 0.3) is 5.91 Å². The number of aromatic nitrogens is 3. The molecule has 0 unspecified atom stereocenters.